The number of hydrogen-bond acceptors (Lipinski definition) is 7. The zero-order valence-electron chi connectivity index (χ0n) is 19.5. The molecular formula is C25H19BrCl2N2O7. The van der Waals surface area contributed by atoms with E-state index in [-0.39, 0.29) is 30.4 Å². The summed E-state index contributed by atoms with van der Waals surface area (Å²) in [5, 5.41) is 3.41. The topological polar surface area (TPSA) is 107 Å². The number of hydrogen-bond donors (Lipinski definition) is 1. The highest BCUT2D eigenvalue weighted by molar-refractivity contribution is 9.10. The van der Waals surface area contributed by atoms with Crippen LogP contribution < -0.4 is 14.8 Å². The SMILES string of the molecule is COC(=O)c1ccc(CN2C(=O)N/C(=C\c3cc(Br)c(OCc4ccc(Cl)c(Cl)c4)c(OC)c3)C2=O)o1. The van der Waals surface area contributed by atoms with E-state index in [1.54, 1.807) is 30.3 Å². The summed E-state index contributed by atoms with van der Waals surface area (Å²) >= 11 is 15.5. The molecule has 1 aliphatic rings. The molecule has 0 atom stereocenters. The van der Waals surface area contributed by atoms with Gasteiger partial charge in [0.1, 0.15) is 18.1 Å². The van der Waals surface area contributed by atoms with E-state index in [4.69, 9.17) is 37.1 Å². The van der Waals surface area contributed by atoms with Crippen LogP contribution in [-0.4, -0.2) is 37.0 Å². The first kappa shape index (κ1) is 26.6. The minimum Gasteiger partial charge on any atom is -0.493 e. The average molecular weight is 610 g/mol. The molecule has 9 nitrogen and oxygen atoms in total. The van der Waals surface area contributed by atoms with Gasteiger partial charge < -0.3 is 23.9 Å². The van der Waals surface area contributed by atoms with Crippen LogP contribution in [0.5, 0.6) is 11.5 Å². The molecule has 0 aliphatic carbocycles. The highest BCUT2D eigenvalue weighted by Crippen LogP contribution is 2.38. The zero-order valence-corrected chi connectivity index (χ0v) is 22.6. The van der Waals surface area contributed by atoms with Crippen molar-refractivity contribution in [3.8, 4) is 11.5 Å². The summed E-state index contributed by atoms with van der Waals surface area (Å²) < 4.78 is 21.9. The van der Waals surface area contributed by atoms with E-state index < -0.39 is 17.9 Å². The smallest absolute Gasteiger partial charge is 0.373 e. The highest BCUT2D eigenvalue weighted by Gasteiger charge is 2.34. The van der Waals surface area contributed by atoms with Gasteiger partial charge in [0.05, 0.1) is 35.3 Å². The summed E-state index contributed by atoms with van der Waals surface area (Å²) in [6, 6.07) is 10.9. The van der Waals surface area contributed by atoms with Gasteiger partial charge >= 0.3 is 12.0 Å². The predicted octanol–water partition coefficient (Wildman–Crippen LogP) is 5.82. The first-order chi connectivity index (χ1) is 17.7. The Morgan fingerprint density at radius 3 is 2.59 bits per heavy atom. The maximum absolute atomic E-state index is 12.9. The van der Waals surface area contributed by atoms with Crippen molar-refractivity contribution >= 4 is 63.1 Å². The summed E-state index contributed by atoms with van der Waals surface area (Å²) in [6.45, 7) is 0.0494. The fourth-order valence-corrected chi connectivity index (χ4v) is 4.35. The number of benzene rings is 2. The van der Waals surface area contributed by atoms with Crippen LogP contribution >= 0.6 is 39.1 Å². The van der Waals surface area contributed by atoms with Crippen molar-refractivity contribution in [1.82, 2.24) is 10.2 Å². The second-order valence-electron chi connectivity index (χ2n) is 7.71. The molecule has 0 spiro atoms. The number of urea groups is 1. The molecule has 0 radical (unpaired) electrons. The number of nitrogens with zero attached hydrogens (tertiary/aromatic N) is 1. The monoisotopic (exact) mass is 608 g/mol. The van der Waals surface area contributed by atoms with Gasteiger partial charge in [0.25, 0.3) is 5.91 Å². The molecule has 1 aliphatic heterocycles. The largest absolute Gasteiger partial charge is 0.493 e. The number of halogens is 3. The van der Waals surface area contributed by atoms with Crippen LogP contribution in [0.25, 0.3) is 6.08 Å². The van der Waals surface area contributed by atoms with E-state index in [9.17, 15) is 14.4 Å². The molecule has 0 unspecified atom stereocenters. The Morgan fingerprint density at radius 2 is 1.89 bits per heavy atom. The predicted molar refractivity (Wildman–Crippen MR) is 139 cm³/mol. The standard InChI is InChI=1S/C25H19BrCl2N2O7/c1-34-21-10-14(7-16(26)22(21)36-12-13-3-5-17(27)18(28)8-13)9-19-23(31)30(25(33)29-19)11-15-4-6-20(37-15)24(32)35-2/h3-10H,11-12H2,1-2H3,(H,29,33)/b19-9-. The normalized spacial score (nSPS) is 14.2. The van der Waals surface area contributed by atoms with Crippen LogP contribution in [0.1, 0.15) is 27.4 Å². The van der Waals surface area contributed by atoms with Crippen LogP contribution in [0, 0.1) is 0 Å². The van der Waals surface area contributed by atoms with Crippen LogP contribution in [0.15, 0.2) is 57.1 Å². The fourth-order valence-electron chi connectivity index (χ4n) is 3.46. The van der Waals surface area contributed by atoms with Gasteiger partial charge in [-0.25, -0.2) is 9.59 Å². The molecule has 0 bridgehead atoms. The number of nitrogens with one attached hydrogen (secondary N) is 1. The Morgan fingerprint density at radius 1 is 1.11 bits per heavy atom. The lowest BCUT2D eigenvalue weighted by Gasteiger charge is -2.14. The second-order valence-corrected chi connectivity index (χ2v) is 9.38. The van der Waals surface area contributed by atoms with E-state index in [0.29, 0.717) is 31.6 Å². The third kappa shape index (κ3) is 5.93. The molecule has 1 fully saturated rings. The maximum Gasteiger partial charge on any atom is 0.373 e. The summed E-state index contributed by atoms with van der Waals surface area (Å²) in [7, 11) is 2.71. The quantitative estimate of drug-likeness (QED) is 0.195. The summed E-state index contributed by atoms with van der Waals surface area (Å²) in [5.74, 6) is -0.153. The van der Waals surface area contributed by atoms with Crippen LogP contribution in [0.2, 0.25) is 10.0 Å². The molecule has 0 saturated carbocycles. The molecule has 2 heterocycles. The first-order valence-electron chi connectivity index (χ1n) is 10.7. The van der Waals surface area contributed by atoms with Gasteiger partial charge in [-0.05, 0) is 69.5 Å². The van der Waals surface area contributed by atoms with Crippen LogP contribution in [0.4, 0.5) is 4.79 Å². The van der Waals surface area contributed by atoms with E-state index in [2.05, 4.69) is 26.0 Å². The third-order valence-electron chi connectivity index (χ3n) is 5.25. The number of methoxy groups -OCH3 is 2. The number of carbonyl (C=O) groups is 3. The zero-order chi connectivity index (χ0) is 26.7. The second kappa shape index (κ2) is 11.3. The Labute approximate surface area is 230 Å². The van der Waals surface area contributed by atoms with Gasteiger partial charge in [-0.15, -0.1) is 0 Å². The minimum atomic E-state index is -0.659. The lowest BCUT2D eigenvalue weighted by Crippen LogP contribution is -2.30. The van der Waals surface area contributed by atoms with Crippen LogP contribution in [0.3, 0.4) is 0 Å². The number of rotatable bonds is 8. The van der Waals surface area contributed by atoms with E-state index in [0.717, 1.165) is 10.5 Å². The van der Waals surface area contributed by atoms with Crippen molar-refractivity contribution in [3.05, 3.63) is 85.3 Å². The molecule has 1 aromatic heterocycles. The minimum absolute atomic E-state index is 0.0290. The van der Waals surface area contributed by atoms with Gasteiger partial charge in [0.2, 0.25) is 5.76 Å². The summed E-state index contributed by atoms with van der Waals surface area (Å²) in [4.78, 5) is 37.9. The van der Waals surface area contributed by atoms with Crippen molar-refractivity contribution in [3.63, 3.8) is 0 Å². The Hall–Kier alpha value is -3.47. The number of carbonyl (C=O) groups excluding carboxylic acids is 3. The maximum atomic E-state index is 12.9. The number of esters is 1. The van der Waals surface area contributed by atoms with Crippen molar-refractivity contribution < 1.29 is 33.0 Å². The Bertz CT molecular complexity index is 1420. The molecule has 37 heavy (non-hydrogen) atoms. The van der Waals surface area contributed by atoms with Gasteiger partial charge in [0.15, 0.2) is 11.5 Å². The molecule has 1 saturated heterocycles. The fraction of sp³-hybridized carbons (Fsp3) is 0.160. The number of amides is 3. The molecule has 3 aromatic rings. The van der Waals surface area contributed by atoms with E-state index >= 15 is 0 Å². The molecule has 3 amide bonds. The van der Waals surface area contributed by atoms with Crippen LogP contribution in [-0.2, 0) is 22.7 Å². The molecular weight excluding hydrogens is 591 g/mol. The number of ether oxygens (including phenoxy) is 3. The Balaban J connectivity index is 1.50. The summed E-state index contributed by atoms with van der Waals surface area (Å²) in [6.07, 6.45) is 1.51. The molecule has 12 heteroatoms. The lowest BCUT2D eigenvalue weighted by molar-refractivity contribution is -0.123. The van der Waals surface area contributed by atoms with Gasteiger partial charge in [0, 0.05) is 0 Å². The molecule has 192 valence electrons. The number of furan rings is 1. The Kier molecular flexibility index (Phi) is 8.11. The van der Waals surface area contributed by atoms with Crippen molar-refractivity contribution in [2.75, 3.05) is 14.2 Å². The lowest BCUT2D eigenvalue weighted by atomic mass is 10.1. The highest BCUT2D eigenvalue weighted by atomic mass is 79.9. The van der Waals surface area contributed by atoms with Gasteiger partial charge in [-0.2, -0.15) is 0 Å². The van der Waals surface area contributed by atoms with Crippen molar-refractivity contribution in [1.29, 1.82) is 0 Å². The first-order valence-corrected chi connectivity index (χ1v) is 12.2. The average Bonchev–Trinajstić information content (AvgIpc) is 3.45. The molecule has 2 aromatic carbocycles. The van der Waals surface area contributed by atoms with E-state index in [1.807, 2.05) is 0 Å². The van der Waals surface area contributed by atoms with E-state index in [1.165, 1.54) is 32.4 Å². The van der Waals surface area contributed by atoms with Gasteiger partial charge in [-0.1, -0.05) is 29.3 Å². The van der Waals surface area contributed by atoms with Crippen molar-refractivity contribution in [2.24, 2.45) is 0 Å². The van der Waals surface area contributed by atoms with Gasteiger partial charge in [-0.3, -0.25) is 9.69 Å². The molecule has 4 rings (SSSR count). The third-order valence-corrected chi connectivity index (χ3v) is 6.58. The molecule has 1 N–H and O–H groups in total. The number of imide groups is 1. The van der Waals surface area contributed by atoms with Crippen molar-refractivity contribution in [2.45, 2.75) is 13.2 Å². The summed E-state index contributed by atoms with van der Waals surface area (Å²) in [5.41, 5.74) is 1.44.